The Kier molecular flexibility index (Phi) is 3.02. The molecule has 0 saturated heterocycles. The largest absolute Gasteiger partial charge is 0.328 e. The lowest BCUT2D eigenvalue weighted by molar-refractivity contribution is -0.120. The van der Waals surface area contributed by atoms with Gasteiger partial charge in [-0.3, -0.25) is 0 Å². The lowest BCUT2D eigenvalue weighted by atomic mass is 9.42. The van der Waals surface area contributed by atoms with Gasteiger partial charge in [0.25, 0.3) is 0 Å². The number of hydrogen-bond acceptors (Lipinski definition) is 2. The van der Waals surface area contributed by atoms with Crippen LogP contribution in [0.5, 0.6) is 0 Å². The maximum Gasteiger partial charge on any atom is 0.00157 e. The van der Waals surface area contributed by atoms with Crippen LogP contribution in [0.15, 0.2) is 0 Å². The third-order valence-electron chi connectivity index (χ3n) is 5.81. The molecular weight excluding hydrogens is 220 g/mol. The maximum absolute atomic E-state index is 6.13. The quantitative estimate of drug-likeness (QED) is 0.805. The standard InChI is InChI=1S/C16H30N2/c1-11(17)4-15-6-13-3-14(7-15)9-16(8-13,10-15)5-12(2)18/h11-14H,3-10,17-18H2,1-2H3. The zero-order chi connectivity index (χ0) is 13.0. The summed E-state index contributed by atoms with van der Waals surface area (Å²) in [6.07, 6.45) is 11.3. The Balaban J connectivity index is 1.83. The van der Waals surface area contributed by atoms with Gasteiger partial charge in [0.15, 0.2) is 0 Å². The minimum absolute atomic E-state index is 0.369. The fraction of sp³-hybridized carbons (Fsp3) is 1.00. The second kappa shape index (κ2) is 4.21. The van der Waals surface area contributed by atoms with E-state index in [4.69, 9.17) is 11.5 Å². The zero-order valence-corrected chi connectivity index (χ0v) is 12.1. The average Bonchev–Trinajstić information content (AvgIpc) is 2.08. The molecule has 0 spiro atoms. The summed E-state index contributed by atoms with van der Waals surface area (Å²) in [5.74, 6) is 1.98. The van der Waals surface area contributed by atoms with Gasteiger partial charge in [-0.1, -0.05) is 0 Å². The van der Waals surface area contributed by atoms with Gasteiger partial charge in [0.2, 0.25) is 0 Å². The highest BCUT2D eigenvalue weighted by molar-refractivity contribution is 5.08. The third kappa shape index (κ3) is 2.22. The fourth-order valence-electron chi connectivity index (χ4n) is 6.49. The number of rotatable bonds is 4. The van der Waals surface area contributed by atoms with Crippen molar-refractivity contribution in [1.82, 2.24) is 0 Å². The molecule has 0 aromatic rings. The summed E-state index contributed by atoms with van der Waals surface area (Å²) in [4.78, 5) is 0. The smallest absolute Gasteiger partial charge is 0.00157 e. The third-order valence-corrected chi connectivity index (χ3v) is 5.81. The van der Waals surface area contributed by atoms with Crippen molar-refractivity contribution >= 4 is 0 Å². The van der Waals surface area contributed by atoms with Gasteiger partial charge in [-0.25, -0.2) is 0 Å². The number of hydrogen-bond donors (Lipinski definition) is 2. The molecule has 0 aromatic carbocycles. The van der Waals surface area contributed by atoms with Crippen LogP contribution in [0.1, 0.15) is 65.2 Å². The normalized spacial score (nSPS) is 49.3. The molecule has 2 atom stereocenters. The molecule has 2 heteroatoms. The van der Waals surface area contributed by atoms with Gasteiger partial charge in [-0.05, 0) is 87.9 Å². The van der Waals surface area contributed by atoms with Crippen LogP contribution >= 0.6 is 0 Å². The van der Waals surface area contributed by atoms with Crippen LogP contribution < -0.4 is 11.5 Å². The molecule has 4 aliphatic carbocycles. The van der Waals surface area contributed by atoms with Gasteiger partial charge in [0, 0.05) is 12.1 Å². The van der Waals surface area contributed by atoms with Crippen molar-refractivity contribution in [2.24, 2.45) is 34.1 Å². The molecule has 2 unspecified atom stereocenters. The summed E-state index contributed by atoms with van der Waals surface area (Å²) >= 11 is 0. The summed E-state index contributed by atoms with van der Waals surface area (Å²) in [5, 5.41) is 0. The second-order valence-corrected chi connectivity index (χ2v) is 8.32. The molecule has 4 aliphatic rings. The molecular formula is C16H30N2. The summed E-state index contributed by atoms with van der Waals surface area (Å²) in [6.45, 7) is 4.38. The molecule has 2 nitrogen and oxygen atoms in total. The Hall–Kier alpha value is -0.0800. The van der Waals surface area contributed by atoms with Crippen LogP contribution in [0.2, 0.25) is 0 Å². The molecule has 0 aromatic heterocycles. The van der Waals surface area contributed by atoms with Gasteiger partial charge in [0.1, 0.15) is 0 Å². The van der Waals surface area contributed by atoms with Crippen molar-refractivity contribution < 1.29 is 0 Å². The van der Waals surface area contributed by atoms with E-state index in [1.165, 1.54) is 51.4 Å². The van der Waals surface area contributed by atoms with Gasteiger partial charge in [0.05, 0.1) is 0 Å². The first-order valence-corrected chi connectivity index (χ1v) is 7.92. The van der Waals surface area contributed by atoms with E-state index in [0.717, 1.165) is 11.8 Å². The van der Waals surface area contributed by atoms with Crippen LogP contribution in [0.25, 0.3) is 0 Å². The molecule has 4 fully saturated rings. The van der Waals surface area contributed by atoms with E-state index in [-0.39, 0.29) is 0 Å². The average molecular weight is 250 g/mol. The van der Waals surface area contributed by atoms with Crippen LogP contribution in [0, 0.1) is 22.7 Å². The van der Waals surface area contributed by atoms with E-state index in [9.17, 15) is 0 Å². The lowest BCUT2D eigenvalue weighted by Crippen LogP contribution is -2.54. The van der Waals surface area contributed by atoms with E-state index in [0.29, 0.717) is 22.9 Å². The Morgan fingerprint density at radius 1 is 0.889 bits per heavy atom. The molecule has 4 bridgehead atoms. The summed E-state index contributed by atoms with van der Waals surface area (Å²) in [6, 6.07) is 0.738. The van der Waals surface area contributed by atoms with Gasteiger partial charge < -0.3 is 11.5 Å². The lowest BCUT2D eigenvalue weighted by Gasteiger charge is -2.63. The minimum Gasteiger partial charge on any atom is -0.328 e. The van der Waals surface area contributed by atoms with Crippen molar-refractivity contribution in [3.05, 3.63) is 0 Å². The molecule has 18 heavy (non-hydrogen) atoms. The number of nitrogens with two attached hydrogens (primary N) is 2. The van der Waals surface area contributed by atoms with Crippen molar-refractivity contribution in [2.45, 2.75) is 77.3 Å². The zero-order valence-electron chi connectivity index (χ0n) is 12.1. The molecule has 4 saturated carbocycles. The summed E-state index contributed by atoms with van der Waals surface area (Å²) in [5.41, 5.74) is 13.4. The van der Waals surface area contributed by atoms with Gasteiger partial charge >= 0.3 is 0 Å². The predicted molar refractivity (Wildman–Crippen MR) is 76.1 cm³/mol. The SMILES string of the molecule is CC(N)CC12CC3CC(C1)CC(CC(C)N)(C3)C2. The van der Waals surface area contributed by atoms with Crippen LogP contribution in [-0.4, -0.2) is 12.1 Å². The monoisotopic (exact) mass is 250 g/mol. The molecule has 4 rings (SSSR count). The van der Waals surface area contributed by atoms with E-state index in [1.807, 2.05) is 0 Å². The molecule has 104 valence electrons. The first kappa shape index (κ1) is 12.9. The van der Waals surface area contributed by atoms with E-state index in [2.05, 4.69) is 13.8 Å². The van der Waals surface area contributed by atoms with Gasteiger partial charge in [-0.15, -0.1) is 0 Å². The first-order valence-electron chi connectivity index (χ1n) is 7.92. The molecule has 0 aliphatic heterocycles. The predicted octanol–water partition coefficient (Wildman–Crippen LogP) is 3.05. The second-order valence-electron chi connectivity index (χ2n) is 8.32. The van der Waals surface area contributed by atoms with E-state index in [1.54, 1.807) is 0 Å². The topological polar surface area (TPSA) is 52.0 Å². The van der Waals surface area contributed by atoms with Crippen molar-refractivity contribution in [1.29, 1.82) is 0 Å². The van der Waals surface area contributed by atoms with E-state index >= 15 is 0 Å². The van der Waals surface area contributed by atoms with Crippen molar-refractivity contribution in [2.75, 3.05) is 0 Å². The molecule has 0 heterocycles. The van der Waals surface area contributed by atoms with Crippen molar-refractivity contribution in [3.8, 4) is 0 Å². The van der Waals surface area contributed by atoms with Crippen molar-refractivity contribution in [3.63, 3.8) is 0 Å². The van der Waals surface area contributed by atoms with Crippen LogP contribution in [0.4, 0.5) is 0 Å². The Labute approximate surface area is 112 Å². The minimum atomic E-state index is 0.369. The highest BCUT2D eigenvalue weighted by atomic mass is 14.7. The summed E-state index contributed by atoms with van der Waals surface area (Å²) in [7, 11) is 0. The highest BCUT2D eigenvalue weighted by Crippen LogP contribution is 2.67. The highest BCUT2D eigenvalue weighted by Gasteiger charge is 2.57. The summed E-state index contributed by atoms with van der Waals surface area (Å²) < 4.78 is 0. The fourth-order valence-corrected chi connectivity index (χ4v) is 6.49. The maximum atomic E-state index is 6.13. The van der Waals surface area contributed by atoms with E-state index < -0.39 is 0 Å². The Morgan fingerprint density at radius 3 is 1.61 bits per heavy atom. The molecule has 4 N–H and O–H groups in total. The Morgan fingerprint density at radius 2 is 1.28 bits per heavy atom. The first-order chi connectivity index (χ1) is 8.40. The molecule has 0 radical (unpaired) electrons. The Bertz CT molecular complexity index is 268. The van der Waals surface area contributed by atoms with Gasteiger partial charge in [-0.2, -0.15) is 0 Å². The van der Waals surface area contributed by atoms with Crippen LogP contribution in [-0.2, 0) is 0 Å². The molecule has 0 amide bonds. The van der Waals surface area contributed by atoms with Crippen LogP contribution in [0.3, 0.4) is 0 Å².